The summed E-state index contributed by atoms with van der Waals surface area (Å²) in [5, 5.41) is 7.02. The Hall–Kier alpha value is -2.38. The minimum absolute atomic E-state index is 0.0763. The number of benzene rings is 1. The lowest BCUT2D eigenvalue weighted by atomic mass is 10.2. The number of nitrogens with one attached hydrogen (secondary N) is 1. The Bertz CT molecular complexity index is 627. The third-order valence-electron chi connectivity index (χ3n) is 2.60. The predicted octanol–water partition coefficient (Wildman–Crippen LogP) is 2.79. The van der Waals surface area contributed by atoms with Gasteiger partial charge in [0.05, 0.1) is 22.8 Å². The van der Waals surface area contributed by atoms with Crippen LogP contribution >= 0.6 is 0 Å². The molecule has 0 aliphatic heterocycles. The molecular formula is C12H13F3N4O. The molecular weight excluding hydrogens is 273 g/mol. The Labute approximate surface area is 113 Å². The topological polar surface area (TPSA) is 65.1 Å². The van der Waals surface area contributed by atoms with Gasteiger partial charge in [-0.1, -0.05) is 0 Å². The van der Waals surface area contributed by atoms with Crippen LogP contribution in [0.3, 0.4) is 0 Å². The molecule has 5 nitrogen and oxygen atoms in total. The summed E-state index contributed by atoms with van der Waals surface area (Å²) in [5.41, 5.74) is 7.31. The number of halogens is 3. The van der Waals surface area contributed by atoms with Crippen LogP contribution in [0.25, 0.3) is 0 Å². The first-order valence-electron chi connectivity index (χ1n) is 5.68. The molecule has 0 fully saturated rings. The summed E-state index contributed by atoms with van der Waals surface area (Å²) in [6.45, 7) is -1.35. The number of aryl methyl sites for hydroxylation is 2. The van der Waals surface area contributed by atoms with Gasteiger partial charge in [0, 0.05) is 25.4 Å². The average molecular weight is 286 g/mol. The highest BCUT2D eigenvalue weighted by Gasteiger charge is 2.14. The maximum absolute atomic E-state index is 13.4. The van der Waals surface area contributed by atoms with E-state index in [2.05, 4.69) is 15.2 Å². The van der Waals surface area contributed by atoms with Gasteiger partial charge in [0.25, 0.3) is 0 Å². The van der Waals surface area contributed by atoms with Gasteiger partial charge in [0.1, 0.15) is 0 Å². The van der Waals surface area contributed by atoms with Crippen LogP contribution in [0.2, 0.25) is 0 Å². The third-order valence-corrected chi connectivity index (χ3v) is 2.60. The number of nitrogens with zero attached hydrogens (tertiary/aromatic N) is 2. The van der Waals surface area contributed by atoms with Crippen LogP contribution < -0.4 is 15.8 Å². The van der Waals surface area contributed by atoms with Crippen LogP contribution in [0.5, 0.6) is 5.75 Å². The first-order chi connectivity index (χ1) is 9.36. The zero-order chi connectivity index (χ0) is 14.9. The van der Waals surface area contributed by atoms with Crippen molar-refractivity contribution in [3.8, 4) is 5.75 Å². The second-order valence-corrected chi connectivity index (χ2v) is 4.18. The first kappa shape index (κ1) is 14.0. The number of hydrogen-bond donors (Lipinski definition) is 2. The van der Waals surface area contributed by atoms with Gasteiger partial charge in [-0.3, -0.25) is 4.68 Å². The second kappa shape index (κ2) is 5.32. The molecule has 20 heavy (non-hydrogen) atoms. The SMILES string of the molecule is Cc1nn(C)cc1Nc1cc(OC(F)F)c(F)cc1N. The van der Waals surface area contributed by atoms with E-state index in [0.29, 0.717) is 11.4 Å². The number of alkyl halides is 2. The van der Waals surface area contributed by atoms with Crippen molar-refractivity contribution in [3.63, 3.8) is 0 Å². The van der Waals surface area contributed by atoms with Gasteiger partial charge in [-0.25, -0.2) is 4.39 Å². The summed E-state index contributed by atoms with van der Waals surface area (Å²) in [6.07, 6.45) is 1.69. The molecule has 2 rings (SSSR count). The molecule has 8 heteroatoms. The number of anilines is 3. The fourth-order valence-electron chi connectivity index (χ4n) is 1.73. The fourth-order valence-corrected chi connectivity index (χ4v) is 1.73. The maximum Gasteiger partial charge on any atom is 0.387 e. The molecule has 1 aromatic heterocycles. The first-order valence-corrected chi connectivity index (χ1v) is 5.68. The van der Waals surface area contributed by atoms with E-state index >= 15 is 0 Å². The minimum Gasteiger partial charge on any atom is -0.432 e. The lowest BCUT2D eigenvalue weighted by Crippen LogP contribution is -2.06. The fraction of sp³-hybridized carbons (Fsp3) is 0.250. The van der Waals surface area contributed by atoms with Gasteiger partial charge >= 0.3 is 6.61 Å². The Morgan fingerprint density at radius 1 is 1.35 bits per heavy atom. The molecule has 0 saturated carbocycles. The molecule has 0 aliphatic carbocycles. The monoisotopic (exact) mass is 286 g/mol. The number of aromatic nitrogens is 2. The molecule has 0 aliphatic rings. The van der Waals surface area contributed by atoms with Crippen molar-refractivity contribution in [2.24, 2.45) is 7.05 Å². The summed E-state index contributed by atoms with van der Waals surface area (Å²) in [6, 6.07) is 2.01. The highest BCUT2D eigenvalue weighted by molar-refractivity contribution is 5.74. The van der Waals surface area contributed by atoms with E-state index in [1.807, 2.05) is 0 Å². The van der Waals surface area contributed by atoms with E-state index in [9.17, 15) is 13.2 Å². The molecule has 0 atom stereocenters. The molecule has 2 aromatic rings. The van der Waals surface area contributed by atoms with E-state index in [4.69, 9.17) is 5.73 Å². The summed E-state index contributed by atoms with van der Waals surface area (Å²) < 4.78 is 43.4. The Morgan fingerprint density at radius 2 is 2.05 bits per heavy atom. The Balaban J connectivity index is 2.33. The van der Waals surface area contributed by atoms with Gasteiger partial charge in [-0.15, -0.1) is 0 Å². The van der Waals surface area contributed by atoms with Crippen LogP contribution in [-0.2, 0) is 7.05 Å². The number of rotatable bonds is 4. The van der Waals surface area contributed by atoms with Crippen LogP contribution in [0.4, 0.5) is 30.2 Å². The van der Waals surface area contributed by atoms with Crippen LogP contribution in [-0.4, -0.2) is 16.4 Å². The Morgan fingerprint density at radius 3 is 2.60 bits per heavy atom. The van der Waals surface area contributed by atoms with Crippen molar-refractivity contribution in [1.82, 2.24) is 9.78 Å². The van der Waals surface area contributed by atoms with Gasteiger partial charge in [-0.05, 0) is 6.92 Å². The van der Waals surface area contributed by atoms with Crippen molar-refractivity contribution in [3.05, 3.63) is 29.8 Å². The minimum atomic E-state index is -3.11. The largest absolute Gasteiger partial charge is 0.432 e. The van der Waals surface area contributed by atoms with E-state index in [1.54, 1.807) is 24.9 Å². The van der Waals surface area contributed by atoms with Crippen molar-refractivity contribution in [2.45, 2.75) is 13.5 Å². The predicted molar refractivity (Wildman–Crippen MR) is 68.7 cm³/mol. The summed E-state index contributed by atoms with van der Waals surface area (Å²) in [4.78, 5) is 0. The van der Waals surface area contributed by atoms with Gasteiger partial charge in [-0.2, -0.15) is 13.9 Å². The number of nitrogens with two attached hydrogens (primary N) is 1. The molecule has 1 aromatic carbocycles. The van der Waals surface area contributed by atoms with Crippen molar-refractivity contribution < 1.29 is 17.9 Å². The van der Waals surface area contributed by atoms with E-state index in [-0.39, 0.29) is 11.4 Å². The molecule has 0 unspecified atom stereocenters. The molecule has 0 radical (unpaired) electrons. The number of hydrogen-bond acceptors (Lipinski definition) is 4. The number of nitrogen functional groups attached to an aromatic ring is 1. The van der Waals surface area contributed by atoms with Gasteiger partial charge < -0.3 is 15.8 Å². The lowest BCUT2D eigenvalue weighted by Gasteiger charge is -2.12. The summed E-state index contributed by atoms with van der Waals surface area (Å²) >= 11 is 0. The van der Waals surface area contributed by atoms with Crippen LogP contribution in [0.1, 0.15) is 5.69 Å². The van der Waals surface area contributed by atoms with Gasteiger partial charge in [0.15, 0.2) is 11.6 Å². The lowest BCUT2D eigenvalue weighted by molar-refractivity contribution is -0.0521. The van der Waals surface area contributed by atoms with Crippen LogP contribution in [0, 0.1) is 12.7 Å². The van der Waals surface area contributed by atoms with E-state index < -0.39 is 18.2 Å². The zero-order valence-corrected chi connectivity index (χ0v) is 10.8. The smallest absolute Gasteiger partial charge is 0.387 e. The molecule has 108 valence electrons. The Kier molecular flexibility index (Phi) is 3.73. The normalized spacial score (nSPS) is 10.9. The average Bonchev–Trinajstić information content (AvgIpc) is 2.63. The second-order valence-electron chi connectivity index (χ2n) is 4.18. The molecule has 1 heterocycles. The van der Waals surface area contributed by atoms with Crippen molar-refractivity contribution >= 4 is 17.1 Å². The highest BCUT2D eigenvalue weighted by atomic mass is 19.3. The van der Waals surface area contributed by atoms with E-state index in [0.717, 1.165) is 12.1 Å². The van der Waals surface area contributed by atoms with Crippen molar-refractivity contribution in [1.29, 1.82) is 0 Å². The van der Waals surface area contributed by atoms with Crippen LogP contribution in [0.15, 0.2) is 18.3 Å². The third kappa shape index (κ3) is 2.95. The van der Waals surface area contributed by atoms with Gasteiger partial charge in [0.2, 0.25) is 0 Å². The molecule has 0 amide bonds. The quantitative estimate of drug-likeness (QED) is 0.848. The highest BCUT2D eigenvalue weighted by Crippen LogP contribution is 2.31. The maximum atomic E-state index is 13.4. The van der Waals surface area contributed by atoms with Crippen molar-refractivity contribution in [2.75, 3.05) is 11.1 Å². The molecule has 0 spiro atoms. The standard InChI is InChI=1S/C12H13F3N4O/c1-6-10(5-19(2)18-6)17-9-4-11(20-12(14)15)7(13)3-8(9)16/h3-5,12,17H,16H2,1-2H3. The zero-order valence-electron chi connectivity index (χ0n) is 10.8. The summed E-state index contributed by atoms with van der Waals surface area (Å²) in [5.74, 6) is -1.52. The van der Waals surface area contributed by atoms with E-state index in [1.165, 1.54) is 0 Å². The molecule has 0 bridgehead atoms. The number of ether oxygens (including phenoxy) is 1. The summed E-state index contributed by atoms with van der Waals surface area (Å²) in [7, 11) is 1.73. The molecule has 0 saturated heterocycles. The molecule has 3 N–H and O–H groups in total.